The fraction of sp³-hybridized carbons (Fsp3) is 0.200. The van der Waals surface area contributed by atoms with Crippen LogP contribution in [0, 0.1) is 5.92 Å². The summed E-state index contributed by atoms with van der Waals surface area (Å²) in [7, 11) is 0. The molecule has 0 spiro atoms. The second-order valence-electron chi connectivity index (χ2n) is 4.75. The van der Waals surface area contributed by atoms with Crippen molar-refractivity contribution >= 4 is 11.8 Å². The molecule has 1 heterocycles. The molecule has 16 heavy (non-hydrogen) atoms. The molecule has 3 bridgehead atoms. The van der Waals surface area contributed by atoms with E-state index in [2.05, 4.69) is 60.0 Å². The highest BCUT2D eigenvalue weighted by Gasteiger charge is 2.32. The third-order valence-corrected chi connectivity index (χ3v) is 3.85. The standard InChI is InChI=1S/C15H13N/c1-2-4-13-12(3-1)14-9-11-7-5-10(14)6-8-15(13)16-11/h1-9,12-13,15-16H. The van der Waals surface area contributed by atoms with Gasteiger partial charge in [0.2, 0.25) is 0 Å². The van der Waals surface area contributed by atoms with Crippen LogP contribution in [-0.2, 0) is 0 Å². The Bertz CT molecular complexity index is 536. The van der Waals surface area contributed by atoms with Crippen LogP contribution in [0.4, 0.5) is 5.69 Å². The van der Waals surface area contributed by atoms with Crippen LogP contribution < -0.4 is 5.32 Å². The van der Waals surface area contributed by atoms with Gasteiger partial charge in [-0.2, -0.15) is 0 Å². The van der Waals surface area contributed by atoms with E-state index in [-0.39, 0.29) is 0 Å². The maximum absolute atomic E-state index is 3.60. The summed E-state index contributed by atoms with van der Waals surface area (Å²) in [5, 5.41) is 3.60. The van der Waals surface area contributed by atoms with Crippen molar-refractivity contribution in [3.63, 3.8) is 0 Å². The smallest absolute Gasteiger partial charge is 0.0519 e. The first-order chi connectivity index (χ1) is 7.92. The van der Waals surface area contributed by atoms with E-state index in [1.807, 2.05) is 0 Å². The van der Waals surface area contributed by atoms with Crippen LogP contribution in [0.3, 0.4) is 0 Å². The molecule has 0 fully saturated rings. The first-order valence-electron chi connectivity index (χ1n) is 5.85. The van der Waals surface area contributed by atoms with E-state index in [0.717, 1.165) is 0 Å². The molecule has 3 unspecified atom stereocenters. The summed E-state index contributed by atoms with van der Waals surface area (Å²) in [5.41, 5.74) is 4.10. The monoisotopic (exact) mass is 207 g/mol. The van der Waals surface area contributed by atoms with Gasteiger partial charge in [0.25, 0.3) is 0 Å². The number of hydrogen-bond donors (Lipinski definition) is 1. The number of benzene rings is 1. The Hall–Kier alpha value is -1.76. The molecule has 78 valence electrons. The molecule has 1 heteroatoms. The molecule has 0 aromatic heterocycles. The van der Waals surface area contributed by atoms with Crippen molar-refractivity contribution in [1.82, 2.24) is 0 Å². The lowest BCUT2D eigenvalue weighted by molar-refractivity contribution is 0.553. The van der Waals surface area contributed by atoms with Crippen LogP contribution >= 0.6 is 0 Å². The quantitative estimate of drug-likeness (QED) is 0.688. The third-order valence-electron chi connectivity index (χ3n) is 3.85. The van der Waals surface area contributed by atoms with Crippen molar-refractivity contribution < 1.29 is 0 Å². The van der Waals surface area contributed by atoms with Gasteiger partial charge in [-0.05, 0) is 23.3 Å². The lowest BCUT2D eigenvalue weighted by Crippen LogP contribution is -2.28. The van der Waals surface area contributed by atoms with Crippen LogP contribution in [0.2, 0.25) is 0 Å². The highest BCUT2D eigenvalue weighted by molar-refractivity contribution is 5.67. The molecule has 3 aliphatic rings. The first kappa shape index (κ1) is 8.40. The Kier molecular flexibility index (Phi) is 1.51. The zero-order chi connectivity index (χ0) is 10.5. The van der Waals surface area contributed by atoms with Gasteiger partial charge in [0.05, 0.1) is 6.04 Å². The lowest BCUT2D eigenvalue weighted by Gasteiger charge is -2.27. The summed E-state index contributed by atoms with van der Waals surface area (Å²) in [6, 6.07) is 7.14. The predicted molar refractivity (Wildman–Crippen MR) is 67.4 cm³/mol. The van der Waals surface area contributed by atoms with Crippen LogP contribution in [0.15, 0.2) is 48.6 Å². The molecule has 1 aromatic carbocycles. The fourth-order valence-corrected chi connectivity index (χ4v) is 3.06. The zero-order valence-electron chi connectivity index (χ0n) is 8.93. The predicted octanol–water partition coefficient (Wildman–Crippen LogP) is 3.33. The molecule has 1 N–H and O–H groups in total. The summed E-state index contributed by atoms with van der Waals surface area (Å²) in [4.78, 5) is 0. The molecule has 0 saturated heterocycles. The molecule has 4 rings (SSSR count). The van der Waals surface area contributed by atoms with E-state index in [1.54, 1.807) is 0 Å². The van der Waals surface area contributed by atoms with Crippen molar-refractivity contribution in [2.45, 2.75) is 12.0 Å². The molecule has 2 aliphatic carbocycles. The number of hydrogen-bond acceptors (Lipinski definition) is 1. The van der Waals surface area contributed by atoms with E-state index in [9.17, 15) is 0 Å². The van der Waals surface area contributed by atoms with Crippen molar-refractivity contribution in [3.05, 3.63) is 59.7 Å². The first-order valence-corrected chi connectivity index (χ1v) is 5.85. The van der Waals surface area contributed by atoms with Crippen LogP contribution in [-0.4, -0.2) is 6.04 Å². The molecule has 0 radical (unpaired) electrons. The lowest BCUT2D eigenvalue weighted by atomic mass is 9.80. The maximum Gasteiger partial charge on any atom is 0.0519 e. The van der Waals surface area contributed by atoms with E-state index >= 15 is 0 Å². The molecule has 1 aliphatic heterocycles. The second-order valence-corrected chi connectivity index (χ2v) is 4.75. The average Bonchev–Trinajstić information content (AvgIpc) is 2.51. The van der Waals surface area contributed by atoms with Crippen LogP contribution in [0.5, 0.6) is 0 Å². The van der Waals surface area contributed by atoms with Gasteiger partial charge in [-0.3, -0.25) is 0 Å². The summed E-state index contributed by atoms with van der Waals surface area (Å²) in [6.07, 6.45) is 13.6. The Morgan fingerprint density at radius 3 is 2.94 bits per heavy atom. The van der Waals surface area contributed by atoms with Crippen LogP contribution in [0.25, 0.3) is 6.08 Å². The molecule has 0 saturated carbocycles. The molecule has 1 aromatic rings. The maximum atomic E-state index is 3.60. The third kappa shape index (κ3) is 1.00. The Labute approximate surface area is 95.2 Å². The molecular formula is C15H13N. The van der Waals surface area contributed by atoms with Gasteiger partial charge in [0, 0.05) is 17.5 Å². The highest BCUT2D eigenvalue weighted by atomic mass is 14.9. The van der Waals surface area contributed by atoms with Crippen molar-refractivity contribution in [1.29, 1.82) is 0 Å². The van der Waals surface area contributed by atoms with E-state index in [1.165, 1.54) is 16.8 Å². The average molecular weight is 207 g/mol. The van der Waals surface area contributed by atoms with E-state index < -0.39 is 0 Å². The topological polar surface area (TPSA) is 12.0 Å². The van der Waals surface area contributed by atoms with Crippen LogP contribution in [0.1, 0.15) is 17.0 Å². The largest absolute Gasteiger partial charge is 0.378 e. The minimum Gasteiger partial charge on any atom is -0.378 e. The minimum absolute atomic E-state index is 0.428. The summed E-state index contributed by atoms with van der Waals surface area (Å²) < 4.78 is 0. The number of allylic oxidation sites excluding steroid dienone is 3. The van der Waals surface area contributed by atoms with Crippen molar-refractivity contribution in [2.75, 3.05) is 5.32 Å². The summed E-state index contributed by atoms with van der Waals surface area (Å²) in [6.45, 7) is 0. The zero-order valence-corrected chi connectivity index (χ0v) is 8.93. The van der Waals surface area contributed by atoms with Gasteiger partial charge >= 0.3 is 0 Å². The SMILES string of the molecule is C1=CC2c3cc4ccc3C=CC(N4)C2C=C1. The molecule has 3 atom stereocenters. The van der Waals surface area contributed by atoms with Crippen molar-refractivity contribution in [3.8, 4) is 0 Å². The minimum atomic E-state index is 0.428. The number of rotatable bonds is 0. The highest BCUT2D eigenvalue weighted by Crippen LogP contribution is 2.42. The number of fused-ring (bicyclic) bond motifs is 1. The number of nitrogens with one attached hydrogen (secondary N) is 1. The molecular weight excluding hydrogens is 194 g/mol. The second kappa shape index (κ2) is 2.88. The summed E-state index contributed by atoms with van der Waals surface area (Å²) in [5.74, 6) is 1.09. The normalized spacial score (nSPS) is 32.1. The Morgan fingerprint density at radius 1 is 1.00 bits per heavy atom. The van der Waals surface area contributed by atoms with Gasteiger partial charge < -0.3 is 5.32 Å². The molecule has 1 nitrogen and oxygen atoms in total. The van der Waals surface area contributed by atoms with Gasteiger partial charge in [-0.15, -0.1) is 0 Å². The number of anilines is 1. The Balaban J connectivity index is 2.02. The molecule has 0 amide bonds. The summed E-state index contributed by atoms with van der Waals surface area (Å²) >= 11 is 0. The Morgan fingerprint density at radius 2 is 1.94 bits per heavy atom. The van der Waals surface area contributed by atoms with Crippen molar-refractivity contribution in [2.24, 2.45) is 5.92 Å². The van der Waals surface area contributed by atoms with Gasteiger partial charge in [0.15, 0.2) is 0 Å². The fourth-order valence-electron chi connectivity index (χ4n) is 3.06. The van der Waals surface area contributed by atoms with E-state index in [0.29, 0.717) is 17.9 Å². The van der Waals surface area contributed by atoms with Gasteiger partial charge in [-0.25, -0.2) is 0 Å². The van der Waals surface area contributed by atoms with Gasteiger partial charge in [0.1, 0.15) is 0 Å². The van der Waals surface area contributed by atoms with E-state index in [4.69, 9.17) is 0 Å². The van der Waals surface area contributed by atoms with Gasteiger partial charge in [-0.1, -0.05) is 42.5 Å².